The van der Waals surface area contributed by atoms with Gasteiger partial charge in [-0.3, -0.25) is 38.5 Å². The average molecular weight is 812 g/mol. The number of hydrogen-bond acceptors (Lipinski definition) is 10. The van der Waals surface area contributed by atoms with Crippen LogP contribution >= 0.6 is 11.6 Å². The number of halogens is 1. The summed E-state index contributed by atoms with van der Waals surface area (Å²) in [4.78, 5) is 68.7. The van der Waals surface area contributed by atoms with E-state index in [2.05, 4.69) is 49.1 Å². The van der Waals surface area contributed by atoms with Crippen LogP contribution in [0.5, 0.6) is 11.5 Å². The highest BCUT2D eigenvalue weighted by molar-refractivity contribution is 6.31. The Labute approximate surface area is 343 Å². The fraction of sp³-hybridized carbons (Fsp3) is 0.512. The van der Waals surface area contributed by atoms with Gasteiger partial charge in [-0.2, -0.15) is 10.4 Å². The predicted molar refractivity (Wildman–Crippen MR) is 213 cm³/mol. The van der Waals surface area contributed by atoms with Gasteiger partial charge < -0.3 is 19.7 Å². The number of unbranched alkanes of at least 4 members (excludes halogenated alkanes) is 2. The third-order valence-electron chi connectivity index (χ3n) is 12.4. The van der Waals surface area contributed by atoms with E-state index in [1.165, 1.54) is 7.05 Å². The van der Waals surface area contributed by atoms with Gasteiger partial charge in [0.15, 0.2) is 0 Å². The highest BCUT2D eigenvalue weighted by Crippen LogP contribution is 2.55. The highest BCUT2D eigenvalue weighted by atomic mass is 35.5. The molecule has 0 bridgehead atoms. The van der Waals surface area contributed by atoms with E-state index in [4.69, 9.17) is 21.1 Å². The molecule has 3 fully saturated rings. The Hall–Kier alpha value is -5.26. The molecule has 3 aromatic rings. The number of aromatic nitrogens is 2. The molecule has 1 atom stereocenters. The number of piperidine rings is 2. The van der Waals surface area contributed by atoms with Crippen LogP contribution in [-0.2, 0) is 9.59 Å². The third kappa shape index (κ3) is 7.69. The van der Waals surface area contributed by atoms with Crippen LogP contribution in [0.3, 0.4) is 0 Å². The van der Waals surface area contributed by atoms with Crippen molar-refractivity contribution in [1.82, 2.24) is 29.8 Å². The van der Waals surface area contributed by atoms with E-state index in [1.54, 1.807) is 42.6 Å². The zero-order valence-corrected chi connectivity index (χ0v) is 34.4. The summed E-state index contributed by atoms with van der Waals surface area (Å²) in [7, 11) is 1.37. The van der Waals surface area contributed by atoms with Crippen molar-refractivity contribution in [2.24, 2.45) is 10.8 Å². The molecule has 1 saturated carbocycles. The number of nitrogens with one attached hydrogen (secondary N) is 1. The molecule has 1 aliphatic carbocycles. The van der Waals surface area contributed by atoms with Crippen LogP contribution in [0.15, 0.2) is 48.8 Å². The molecule has 5 amide bonds. The number of benzene rings is 2. The lowest BCUT2D eigenvalue weighted by atomic mass is 9.49. The van der Waals surface area contributed by atoms with E-state index in [-0.39, 0.29) is 64.8 Å². The molecule has 4 aliphatic rings. The van der Waals surface area contributed by atoms with Gasteiger partial charge >= 0.3 is 0 Å². The lowest BCUT2D eigenvalue weighted by molar-refractivity contribution is -0.164. The number of likely N-dealkylation sites (tertiary alicyclic amines) is 2. The van der Waals surface area contributed by atoms with E-state index >= 15 is 0 Å². The van der Waals surface area contributed by atoms with Crippen molar-refractivity contribution >= 4 is 41.1 Å². The number of imide groups is 2. The van der Waals surface area contributed by atoms with E-state index in [9.17, 15) is 29.2 Å². The van der Waals surface area contributed by atoms with Crippen molar-refractivity contribution in [2.45, 2.75) is 96.9 Å². The van der Waals surface area contributed by atoms with E-state index in [0.29, 0.717) is 34.3 Å². The zero-order chi connectivity index (χ0) is 41.5. The number of hydrogen-bond donors (Lipinski definition) is 1. The van der Waals surface area contributed by atoms with Crippen molar-refractivity contribution < 1.29 is 33.4 Å². The third-order valence-corrected chi connectivity index (χ3v) is 12.7. The summed E-state index contributed by atoms with van der Waals surface area (Å²) >= 11 is 6.24. The predicted octanol–water partition coefficient (Wildman–Crippen LogP) is 5.65. The number of likely N-dealkylation sites (N-methyl/N-ethyl adjacent to an activating group) is 1. The molecule has 58 heavy (non-hydrogen) atoms. The van der Waals surface area contributed by atoms with Gasteiger partial charge in [0.05, 0.1) is 46.1 Å². The average Bonchev–Trinajstić information content (AvgIpc) is 3.79. The van der Waals surface area contributed by atoms with Gasteiger partial charge in [-0.05, 0) is 75.4 Å². The molecule has 306 valence electrons. The second-order valence-electron chi connectivity index (χ2n) is 17.0. The SMILES string of the molecule is CN1C(=O)CCC(N2C(=O)c3ccc(OCCCCCN4CCC(n5cc(C(=O)NC6C(C)(C)C(Oc7ccc(C#N)c(Cl)c7)C6(C)C)cn5)CC4)cc3C2=O)C1=O. The van der Waals surface area contributed by atoms with Gasteiger partial charge in [-0.15, -0.1) is 0 Å². The smallest absolute Gasteiger partial charge is 0.262 e. The Balaban J connectivity index is 0.813. The minimum atomic E-state index is -0.985. The van der Waals surface area contributed by atoms with E-state index < -0.39 is 23.8 Å². The zero-order valence-electron chi connectivity index (χ0n) is 33.6. The molecule has 1 aromatic heterocycles. The maximum atomic E-state index is 13.5. The number of amides is 5. The molecular formula is C43H50ClN7O7. The summed E-state index contributed by atoms with van der Waals surface area (Å²) in [5.41, 5.74) is 0.634. The van der Waals surface area contributed by atoms with Gasteiger partial charge in [0.2, 0.25) is 5.91 Å². The molecule has 15 heteroatoms. The fourth-order valence-electron chi connectivity index (χ4n) is 9.43. The molecule has 0 radical (unpaired) electrons. The number of rotatable bonds is 13. The highest BCUT2D eigenvalue weighted by Gasteiger charge is 2.64. The maximum absolute atomic E-state index is 13.5. The molecule has 14 nitrogen and oxygen atoms in total. The van der Waals surface area contributed by atoms with E-state index in [1.807, 2.05) is 10.9 Å². The molecule has 1 N–H and O–H groups in total. The minimum absolute atomic E-state index is 0.0969. The Kier molecular flexibility index (Phi) is 11.4. The topological polar surface area (TPSA) is 167 Å². The molecule has 0 spiro atoms. The van der Waals surface area contributed by atoms with Crippen molar-refractivity contribution in [2.75, 3.05) is 33.3 Å². The van der Waals surface area contributed by atoms with Crippen LogP contribution in [-0.4, -0.2) is 105 Å². The number of fused-ring (bicyclic) bond motifs is 1. The van der Waals surface area contributed by atoms with Gasteiger partial charge in [0.25, 0.3) is 23.6 Å². The van der Waals surface area contributed by atoms with Crippen molar-refractivity contribution in [3.8, 4) is 17.6 Å². The van der Waals surface area contributed by atoms with Crippen LogP contribution < -0.4 is 14.8 Å². The van der Waals surface area contributed by atoms with E-state index in [0.717, 1.165) is 61.5 Å². The standard InChI is InChI=1S/C43H50ClN7O7/c1-42(2)40(43(3,4)41(42)58-30-10-9-26(23-45)33(44)22-30)47-36(53)27-24-46-50(25-27)28-15-18-49(19-16-28)17-7-6-8-20-57-29-11-12-31-32(21-29)38(55)51(37(31)54)34-13-14-35(52)48(5)39(34)56/h9-12,21-22,24-25,28,34,40-41H,6-8,13-20H2,1-5H3,(H,47,53). The lowest BCUT2D eigenvalue weighted by Gasteiger charge is -2.63. The summed E-state index contributed by atoms with van der Waals surface area (Å²) < 4.78 is 14.2. The number of nitriles is 1. The second kappa shape index (κ2) is 16.2. The normalized spacial score (nSPS) is 23.0. The minimum Gasteiger partial charge on any atom is -0.494 e. The number of ether oxygens (including phenoxy) is 2. The molecule has 3 aliphatic heterocycles. The van der Waals surface area contributed by atoms with Crippen molar-refractivity contribution in [1.29, 1.82) is 5.26 Å². The number of carbonyl (C=O) groups excluding carboxylic acids is 5. The first-order valence-electron chi connectivity index (χ1n) is 20.0. The number of carbonyl (C=O) groups is 5. The monoisotopic (exact) mass is 811 g/mol. The fourth-order valence-corrected chi connectivity index (χ4v) is 9.64. The van der Waals surface area contributed by atoms with Crippen LogP contribution in [0.4, 0.5) is 0 Å². The first kappa shape index (κ1) is 40.9. The van der Waals surface area contributed by atoms with Crippen LogP contribution in [0.1, 0.15) is 115 Å². The van der Waals surface area contributed by atoms with Gasteiger partial charge in [0, 0.05) is 55.7 Å². The molecule has 2 saturated heterocycles. The van der Waals surface area contributed by atoms with Crippen LogP contribution in [0.25, 0.3) is 0 Å². The Morgan fingerprint density at radius 3 is 2.36 bits per heavy atom. The molecular weight excluding hydrogens is 762 g/mol. The summed E-state index contributed by atoms with van der Waals surface area (Å²) in [6.45, 7) is 11.6. The summed E-state index contributed by atoms with van der Waals surface area (Å²) in [6, 6.07) is 11.0. The van der Waals surface area contributed by atoms with Crippen LogP contribution in [0, 0.1) is 22.2 Å². The summed E-state index contributed by atoms with van der Waals surface area (Å²) in [6.07, 6.45) is 8.21. The van der Waals surface area contributed by atoms with Gasteiger partial charge in [-0.1, -0.05) is 39.3 Å². The quantitative estimate of drug-likeness (QED) is 0.168. The molecule has 2 aromatic carbocycles. The number of nitrogens with zero attached hydrogens (tertiary/aromatic N) is 6. The van der Waals surface area contributed by atoms with Gasteiger partial charge in [0.1, 0.15) is 29.7 Å². The Bertz CT molecular complexity index is 2150. The summed E-state index contributed by atoms with van der Waals surface area (Å²) in [5.74, 6) is -1.02. The Morgan fingerprint density at radius 2 is 1.66 bits per heavy atom. The second-order valence-corrected chi connectivity index (χ2v) is 17.4. The van der Waals surface area contributed by atoms with Crippen LogP contribution in [0.2, 0.25) is 5.02 Å². The molecule has 7 rings (SSSR count). The molecule has 1 unspecified atom stereocenters. The lowest BCUT2D eigenvalue weighted by Crippen LogP contribution is -2.74. The maximum Gasteiger partial charge on any atom is 0.262 e. The van der Waals surface area contributed by atoms with Crippen molar-refractivity contribution in [3.63, 3.8) is 0 Å². The van der Waals surface area contributed by atoms with Gasteiger partial charge in [-0.25, -0.2) is 0 Å². The van der Waals surface area contributed by atoms with Crippen molar-refractivity contribution in [3.05, 3.63) is 76.1 Å². The first-order chi connectivity index (χ1) is 27.6. The largest absolute Gasteiger partial charge is 0.494 e. The summed E-state index contributed by atoms with van der Waals surface area (Å²) in [5, 5.41) is 17.4. The Morgan fingerprint density at radius 1 is 0.948 bits per heavy atom. The molecule has 4 heterocycles. The first-order valence-corrected chi connectivity index (χ1v) is 20.4.